The van der Waals surface area contributed by atoms with Gasteiger partial charge in [0.2, 0.25) is 0 Å². The monoisotopic (exact) mass is 262 g/mol. The molecule has 0 N–H and O–H groups in total. The predicted molar refractivity (Wildman–Crippen MR) is 42.5 cm³/mol. The van der Waals surface area contributed by atoms with Crippen LogP contribution in [-0.4, -0.2) is 66.2 Å². The molecule has 0 fully saturated rings. The molecule has 15 heavy (non-hydrogen) atoms. The second kappa shape index (κ2) is 24.2. The van der Waals surface area contributed by atoms with Crippen molar-refractivity contribution in [1.29, 1.82) is 0 Å². The van der Waals surface area contributed by atoms with Crippen LogP contribution in [-0.2, 0) is 49.8 Å². The molecular formula is C4H14CaO10. The Balaban J connectivity index is -0.0000000480. The summed E-state index contributed by atoms with van der Waals surface area (Å²) in [6.07, 6.45) is 0. The smallest absolute Gasteiger partial charge is 1.00 e. The van der Waals surface area contributed by atoms with E-state index in [1.807, 2.05) is 0 Å². The van der Waals surface area contributed by atoms with E-state index in [1.165, 1.54) is 28.4 Å². The summed E-state index contributed by atoms with van der Waals surface area (Å²) < 4.78 is 0. The van der Waals surface area contributed by atoms with Crippen molar-refractivity contribution in [2.45, 2.75) is 0 Å². The Hall–Kier alpha value is 0.860. The summed E-state index contributed by atoms with van der Waals surface area (Å²) in [6, 6.07) is 0. The quantitative estimate of drug-likeness (QED) is 0.254. The Morgan fingerprint density at radius 2 is 0.667 bits per heavy atom. The van der Waals surface area contributed by atoms with Crippen LogP contribution in [0.4, 0.5) is 0 Å². The van der Waals surface area contributed by atoms with Gasteiger partial charge in [-0.25, -0.2) is 19.6 Å². The summed E-state index contributed by atoms with van der Waals surface area (Å²) in [4.78, 5) is 15.7. The van der Waals surface area contributed by atoms with Crippen LogP contribution in [0, 0.1) is 0 Å². The summed E-state index contributed by atoms with van der Waals surface area (Å²) in [5.74, 6) is 0. The maximum Gasteiger partial charge on any atom is 2.00 e. The molecule has 0 aromatic heterocycles. The first-order valence-electron chi connectivity index (χ1n) is 2.97. The van der Waals surface area contributed by atoms with Crippen molar-refractivity contribution in [1.82, 2.24) is 0 Å². The predicted octanol–water partition coefficient (Wildman–Crippen LogP) is -0.178. The zero-order valence-corrected chi connectivity index (χ0v) is 11.0. The van der Waals surface area contributed by atoms with Crippen LogP contribution < -0.4 is 0 Å². The normalized spacial score (nSPS) is 8.80. The van der Waals surface area contributed by atoms with Crippen molar-refractivity contribution in [3.05, 3.63) is 0 Å². The average molecular weight is 262 g/mol. The van der Waals surface area contributed by atoms with Gasteiger partial charge in [0.25, 0.3) is 0 Å². The van der Waals surface area contributed by atoms with Crippen molar-refractivity contribution < 1.29 is 52.6 Å². The summed E-state index contributed by atoms with van der Waals surface area (Å²) in [5, 5.41) is 22.3. The van der Waals surface area contributed by atoms with Crippen LogP contribution in [0.5, 0.6) is 0 Å². The van der Waals surface area contributed by atoms with E-state index < -0.39 is 0 Å². The van der Waals surface area contributed by atoms with Gasteiger partial charge in [-0.15, -0.1) is 0 Å². The minimum atomic E-state index is 0. The number of rotatable bonds is 8. The van der Waals surface area contributed by atoms with Gasteiger partial charge < -0.3 is 2.85 Å². The van der Waals surface area contributed by atoms with E-state index in [4.69, 9.17) is 0 Å². The molecule has 92 valence electrons. The number of hydrogen-bond acceptors (Lipinski definition) is 10. The van der Waals surface area contributed by atoms with Gasteiger partial charge in [-0.05, 0) is 30.2 Å². The summed E-state index contributed by atoms with van der Waals surface area (Å²) >= 11 is 0. The molecule has 0 aromatic carbocycles. The maximum absolute atomic E-state index is 3.92. The van der Waals surface area contributed by atoms with Crippen molar-refractivity contribution >= 4 is 37.7 Å². The van der Waals surface area contributed by atoms with E-state index in [0.29, 0.717) is 0 Å². The SMILES string of the molecule is COOOOOC.COOOOOC.[Ca+2].[H-].[H-]. The van der Waals surface area contributed by atoms with Crippen LogP contribution in [0.3, 0.4) is 0 Å². The van der Waals surface area contributed by atoms with E-state index in [9.17, 15) is 0 Å². The minimum Gasteiger partial charge on any atom is -1.00 e. The molecule has 0 atom stereocenters. The molecule has 0 radical (unpaired) electrons. The van der Waals surface area contributed by atoms with Gasteiger partial charge in [0.1, 0.15) is 0 Å². The summed E-state index contributed by atoms with van der Waals surface area (Å²) in [5.41, 5.74) is 0. The fraction of sp³-hybridized carbons (Fsp3) is 1.00. The molecule has 11 heteroatoms. The Bertz CT molecular complexity index is 74.7. The Labute approximate surface area is 118 Å². The maximum atomic E-state index is 3.92. The van der Waals surface area contributed by atoms with Crippen molar-refractivity contribution in [2.24, 2.45) is 0 Å². The van der Waals surface area contributed by atoms with E-state index >= 15 is 0 Å². The summed E-state index contributed by atoms with van der Waals surface area (Å²) in [7, 11) is 5.05. The first-order chi connectivity index (χ1) is 6.83. The van der Waals surface area contributed by atoms with Crippen LogP contribution in [0.15, 0.2) is 0 Å². The molecule has 0 aliphatic rings. The first-order valence-corrected chi connectivity index (χ1v) is 2.97. The Morgan fingerprint density at radius 3 is 0.800 bits per heavy atom. The third-order valence-corrected chi connectivity index (χ3v) is 0.383. The summed E-state index contributed by atoms with van der Waals surface area (Å²) in [6.45, 7) is 0. The van der Waals surface area contributed by atoms with Crippen LogP contribution >= 0.6 is 0 Å². The molecule has 10 nitrogen and oxygen atoms in total. The second-order valence-corrected chi connectivity index (χ2v) is 1.07. The molecule has 0 saturated carbocycles. The van der Waals surface area contributed by atoms with Crippen LogP contribution in [0.2, 0.25) is 0 Å². The van der Waals surface area contributed by atoms with Crippen molar-refractivity contribution in [3.8, 4) is 0 Å². The topological polar surface area (TPSA) is 92.3 Å². The van der Waals surface area contributed by atoms with Crippen LogP contribution in [0.1, 0.15) is 2.85 Å². The Morgan fingerprint density at radius 1 is 0.467 bits per heavy atom. The van der Waals surface area contributed by atoms with E-state index in [0.717, 1.165) is 0 Å². The van der Waals surface area contributed by atoms with E-state index in [1.54, 1.807) is 0 Å². The second-order valence-electron chi connectivity index (χ2n) is 1.07. The third-order valence-electron chi connectivity index (χ3n) is 0.383. The average Bonchev–Trinajstić information content (AvgIpc) is 2.21. The van der Waals surface area contributed by atoms with E-state index in [-0.39, 0.29) is 40.6 Å². The van der Waals surface area contributed by atoms with Crippen LogP contribution in [0.25, 0.3) is 0 Å². The van der Waals surface area contributed by atoms with Crippen molar-refractivity contribution in [3.63, 3.8) is 0 Å². The molecule has 0 bridgehead atoms. The van der Waals surface area contributed by atoms with Gasteiger partial charge in [-0.2, -0.15) is 0 Å². The van der Waals surface area contributed by atoms with Gasteiger partial charge >= 0.3 is 37.7 Å². The van der Waals surface area contributed by atoms with Gasteiger partial charge in [-0.3, -0.25) is 0 Å². The number of hydrogen-bond donors (Lipinski definition) is 0. The van der Waals surface area contributed by atoms with Gasteiger partial charge in [0, 0.05) is 0 Å². The standard InChI is InChI=1S/2C2H6O5.Ca.2H/c2*1-3-5-7-6-4-2;;;/h2*1-2H3;;;/q;;+2;2*-1. The molecule has 0 unspecified atom stereocenters. The largest absolute Gasteiger partial charge is 2.00 e. The molecule has 0 heterocycles. The minimum absolute atomic E-state index is 0. The molecule has 0 aliphatic carbocycles. The third kappa shape index (κ3) is 31.3. The molecular weight excluding hydrogens is 248 g/mol. The van der Waals surface area contributed by atoms with Gasteiger partial charge in [-0.1, -0.05) is 0 Å². The zero-order valence-electron chi connectivity index (χ0n) is 10.8. The molecule has 0 aromatic rings. The molecule has 0 spiro atoms. The fourth-order valence-electron chi connectivity index (χ4n) is 0.134. The molecule has 0 saturated heterocycles. The zero-order chi connectivity index (χ0) is 11.1. The fourth-order valence-corrected chi connectivity index (χ4v) is 0.134. The van der Waals surface area contributed by atoms with E-state index in [2.05, 4.69) is 49.8 Å². The van der Waals surface area contributed by atoms with Gasteiger partial charge in [0.05, 0.1) is 28.4 Å². The van der Waals surface area contributed by atoms with Crippen molar-refractivity contribution in [2.75, 3.05) is 28.4 Å². The molecule has 0 amide bonds. The molecule has 0 rings (SSSR count). The van der Waals surface area contributed by atoms with Gasteiger partial charge in [0.15, 0.2) is 0 Å². The first kappa shape index (κ1) is 21.2. The molecule has 0 aliphatic heterocycles. The Kier molecular flexibility index (Phi) is 34.2.